The molecule has 0 spiro atoms. The number of aliphatic hydroxyl groups excluding tert-OH is 1. The number of rotatable bonds is 21. The van der Waals surface area contributed by atoms with E-state index in [1.165, 1.54) is 30.1 Å². The highest BCUT2D eigenvalue weighted by Gasteiger charge is 2.32. The highest BCUT2D eigenvalue weighted by atomic mass is 35.5. The van der Waals surface area contributed by atoms with Crippen LogP contribution in [0.2, 0.25) is 5.28 Å². The Balaban J connectivity index is -0.000000208. The van der Waals surface area contributed by atoms with E-state index in [0.29, 0.717) is 92.0 Å². The van der Waals surface area contributed by atoms with Crippen LogP contribution < -0.4 is 51.0 Å². The lowest BCUT2D eigenvalue weighted by Crippen LogP contribution is -2.35. The number of anilines is 2. The van der Waals surface area contributed by atoms with E-state index in [0.717, 1.165) is 78.2 Å². The van der Waals surface area contributed by atoms with Gasteiger partial charge >= 0.3 is 24.4 Å². The van der Waals surface area contributed by atoms with Gasteiger partial charge in [0.25, 0.3) is 0 Å². The van der Waals surface area contributed by atoms with Crippen LogP contribution in [0.15, 0.2) is 72.9 Å². The molecule has 6 aliphatic heterocycles. The Morgan fingerprint density at radius 3 is 1.05 bits per heavy atom. The van der Waals surface area contributed by atoms with Crippen molar-refractivity contribution < 1.29 is 100 Å². The van der Waals surface area contributed by atoms with Crippen molar-refractivity contribution in [3.05, 3.63) is 78.2 Å². The summed E-state index contributed by atoms with van der Waals surface area (Å²) in [4.78, 5) is 77.8. The number of carbonyl (C=O) groups excluding carboxylic acids is 4. The zero-order valence-electron chi connectivity index (χ0n) is 70.0. The maximum Gasteiger partial charge on any atom is 0.410 e. The van der Waals surface area contributed by atoms with Crippen molar-refractivity contribution in [1.82, 2.24) is 61.0 Å². The second-order valence-corrected chi connectivity index (χ2v) is 29.9. The van der Waals surface area contributed by atoms with E-state index in [2.05, 4.69) is 56.1 Å². The second kappa shape index (κ2) is 69.5. The minimum Gasteiger partial charge on any atom is -0.486 e. The quantitative estimate of drug-likeness (QED) is 0.0328. The fourth-order valence-electron chi connectivity index (χ4n) is 9.88. The fourth-order valence-corrected chi connectivity index (χ4v) is 9.98. The molecule has 6 saturated heterocycles. The van der Waals surface area contributed by atoms with Gasteiger partial charge in [0.05, 0.1) is 108 Å². The first-order valence-electron chi connectivity index (χ1n) is 37.2. The summed E-state index contributed by atoms with van der Waals surface area (Å²) < 4.78 is 116. The average molecular weight is 1810 g/mol. The molecule has 40 heteroatoms. The van der Waals surface area contributed by atoms with Crippen LogP contribution in [0.4, 0.5) is 48.6 Å². The van der Waals surface area contributed by atoms with Crippen LogP contribution in [-0.2, 0) is 42.6 Å². The summed E-state index contributed by atoms with van der Waals surface area (Å²) in [6, 6.07) is 0. The van der Waals surface area contributed by atoms with Crippen LogP contribution in [0.25, 0.3) is 0 Å². The molecule has 0 aliphatic carbocycles. The van der Waals surface area contributed by atoms with Crippen LogP contribution in [0, 0.1) is 0 Å². The summed E-state index contributed by atoms with van der Waals surface area (Å²) >= 11 is 5.53. The van der Waals surface area contributed by atoms with E-state index < -0.39 is 41.7 Å². The minimum atomic E-state index is -1.00. The summed E-state index contributed by atoms with van der Waals surface area (Å²) in [6.07, 6.45) is 15.4. The van der Waals surface area contributed by atoms with E-state index in [9.17, 15) is 41.8 Å². The molecule has 6 atom stereocenters. The highest BCUT2D eigenvalue weighted by Crippen LogP contribution is 2.23. The number of methoxy groups -OCH3 is 5. The Morgan fingerprint density at radius 1 is 0.492 bits per heavy atom. The molecule has 7 N–H and O–H groups in total. The largest absolute Gasteiger partial charge is 0.486 e. The average Bonchev–Trinajstić information content (AvgIpc) is 1.76. The van der Waals surface area contributed by atoms with Crippen molar-refractivity contribution in [2.45, 2.75) is 225 Å². The van der Waals surface area contributed by atoms with Crippen LogP contribution in [0.3, 0.4) is 0 Å². The Hall–Kier alpha value is -6.94. The zero-order chi connectivity index (χ0) is 83.9. The number of β-amino-alcohol motifs (C(OH)–C–C–N with tert-alkyl or cyclic N) is 1. The van der Waals surface area contributed by atoms with Crippen LogP contribution in [0.5, 0.6) is 17.2 Å². The number of ether oxygens (including phenoxy) is 12. The molecule has 120 heavy (non-hydrogen) atoms. The summed E-state index contributed by atoms with van der Waals surface area (Å²) in [5.74, 6) is 2.50. The number of hydrogen-bond donors (Lipinski definition) is 6. The number of nitrogens with one attached hydrogen (secondary N) is 4. The molecule has 4 amide bonds. The Morgan fingerprint density at radius 2 is 0.792 bits per heavy atom. The van der Waals surface area contributed by atoms with E-state index in [1.807, 2.05) is 46.4 Å². The van der Waals surface area contributed by atoms with Gasteiger partial charge in [-0.3, -0.25) is 4.39 Å². The number of aromatic nitrogens is 6. The van der Waals surface area contributed by atoms with Gasteiger partial charge in [0, 0.05) is 131 Å². The van der Waals surface area contributed by atoms with Crippen LogP contribution in [-0.4, -0.2) is 289 Å². The molecule has 0 unspecified atom stereocenters. The van der Waals surface area contributed by atoms with Gasteiger partial charge in [-0.25, -0.2) is 62.3 Å². The first kappa shape index (κ1) is 126. The normalized spacial score (nSPS) is 18.3. The molecule has 3 aromatic rings. The third-order valence-electron chi connectivity index (χ3n) is 15.7. The summed E-state index contributed by atoms with van der Waals surface area (Å²) in [5, 5.41) is 20.6. The molecule has 32 nitrogen and oxygen atoms in total. The first-order valence-corrected chi connectivity index (χ1v) is 36.9. The number of nitrogens with zero attached hydrogens (tertiary/aromatic N) is 10. The molecule has 9 rings (SSSR count). The number of amides is 4. The van der Waals surface area contributed by atoms with E-state index >= 15 is 0 Å². The van der Waals surface area contributed by atoms with Gasteiger partial charge in [0.1, 0.15) is 42.2 Å². The van der Waals surface area contributed by atoms with E-state index in [4.69, 9.17) is 75.5 Å². The molecule has 9 heterocycles. The van der Waals surface area contributed by atoms with Gasteiger partial charge in [0.2, 0.25) is 17.2 Å². The summed E-state index contributed by atoms with van der Waals surface area (Å²) in [7, 11) is 7.59. The lowest BCUT2D eigenvalue weighted by atomic mass is 10.2. The van der Waals surface area contributed by atoms with Gasteiger partial charge < -0.3 is 109 Å². The van der Waals surface area contributed by atoms with Crippen molar-refractivity contribution in [3.8, 4) is 17.2 Å². The number of alkyl carbamates (subject to hydrolysis) is 2. The highest BCUT2D eigenvalue weighted by molar-refractivity contribution is 6.28. The van der Waals surface area contributed by atoms with E-state index in [-0.39, 0.29) is 174 Å². The number of hydrogen-bond acceptors (Lipinski definition) is 28. The topological polar surface area (TPSA) is 364 Å². The lowest BCUT2D eigenvalue weighted by molar-refractivity contribution is 0.0249. The maximum absolute atomic E-state index is 13.0. The van der Waals surface area contributed by atoms with Crippen molar-refractivity contribution >= 4 is 85.1 Å². The molecule has 0 bridgehead atoms. The third kappa shape index (κ3) is 58.2. The molecule has 3 aromatic heterocycles. The number of carbonyl (C=O) groups is 4. The van der Waals surface area contributed by atoms with Gasteiger partial charge in [0.15, 0.2) is 17.2 Å². The lowest BCUT2D eigenvalue weighted by Gasteiger charge is -2.24. The maximum atomic E-state index is 13.0. The minimum absolute atomic E-state index is 0. The van der Waals surface area contributed by atoms with Gasteiger partial charge in [-0.05, 0) is 146 Å². The number of likely N-dealkylation sites (tertiary alicyclic amines) is 2. The molecule has 0 radical (unpaired) electrons. The predicted octanol–water partition coefficient (Wildman–Crippen LogP) is 14.5. The molecule has 0 saturated carbocycles. The molecule has 6 aliphatic rings. The number of halogens is 8. The van der Waals surface area contributed by atoms with Crippen molar-refractivity contribution in [2.75, 3.05) is 170 Å². The monoisotopic (exact) mass is 1810 g/mol. The molecule has 0 aromatic carbocycles. The van der Waals surface area contributed by atoms with Crippen molar-refractivity contribution in [3.63, 3.8) is 0 Å². The van der Waals surface area contributed by atoms with Crippen molar-refractivity contribution in [1.29, 1.82) is 0 Å². The predicted molar refractivity (Wildman–Crippen MR) is 475 cm³/mol. The SMILES string of the molecule is C.C.C.C.C.C.CC(C)(C)OC(=O)N1CC[C@H](O)C1.CC(C)(C)OC(=O)NCC(=CF)COc1cnc(Cl)nc1.CO[C@H]1CCN(C(=O)OC(C)(C)C)C1.CO[C@H]1CCN(c2ncc(OC/C(=C/F)CN)cn2)C1.CO[C@H]1CCN(c2ncc(OCC(=CF)CNC(=O)OC(C)(C)C)cn2)C1.CO[C@H]1CCNC1.CO[C@H]1CCNC1.Cl.Cl.Cl.[2H]CF. The first-order chi connectivity index (χ1) is 52.9. The molecule has 6 fully saturated rings. The fraction of sp³-hybridized carbons (Fsp3) is 0.725. The Labute approximate surface area is 739 Å². The molecular formula is C80H151Cl4F4N15O17. The Kier molecular flexibility index (Phi) is 73.1. The second-order valence-electron chi connectivity index (χ2n) is 29.5. The third-order valence-corrected chi connectivity index (χ3v) is 15.9. The number of aliphatic hydroxyl groups is 1. The van der Waals surface area contributed by atoms with Gasteiger partial charge in [-0.1, -0.05) is 44.6 Å². The van der Waals surface area contributed by atoms with Gasteiger partial charge in [-0.15, -0.1) is 37.2 Å². The van der Waals surface area contributed by atoms with Crippen molar-refractivity contribution in [2.24, 2.45) is 5.73 Å². The summed E-state index contributed by atoms with van der Waals surface area (Å²) in [6.45, 7) is 31.6. The van der Waals surface area contributed by atoms with Crippen LogP contribution in [0.1, 0.15) is 168 Å². The Bertz CT molecular complexity index is 3200. The number of nitrogens with two attached hydrogens (primary N) is 1. The molecular weight excluding hydrogens is 1660 g/mol. The molecule has 704 valence electrons. The van der Waals surface area contributed by atoms with E-state index in [1.54, 1.807) is 107 Å². The summed E-state index contributed by atoms with van der Waals surface area (Å²) in [5.41, 5.74) is 4.13. The van der Waals surface area contributed by atoms with Crippen LogP contribution >= 0.6 is 48.8 Å². The standard InChI is InChI=1S/C18H27FN4O4.C13H17ClFN3O3.C13H19FN4O2.C10H19NO3.C9H17NO3.2C5H11NO.CH3F.6CH4.3ClH/c1-18(2,3)27-17(24)22-8-13(7-19)12-26-15-9-20-16(21-10-15)23-6-5-14(11-23)25-4;1-13(2,3)21-12(19)18-5-9(4-15)8-20-10-6-16-11(14)17-7-10;1-19-11-2-3-18(8-11)13-16-6-12(7-17-13)20-9-10(4-14)5-15;1-10(2,3)14-9(12)11-6-5-8(7-11)13-4;1-9(2,3)13-8(12)10-5-4-7(11)6-10;2*1-7-5-2-3-6-4-5;1-2;;;;;;;;;/h7,9-10,14H,5-6,8,11-12H2,1-4H3,(H,22,24);4,6-7H,5,8H2,1-3H3,(H,18,19);4,6-7,11H,2-3,5,8-9,15H2,1H3;8H,5-7H2,1-4H3;7,11H,4-6H2,1-3H3;2*5-6H,2-4H2,1H3;1H3;6*1H4;3*1H/b;;10-4+;;;;;;;;;;;;;;/t14-;;11-;8-;7-;2*5-;;;;;;;;;;/m0.00000........../s1/i;;;;;;;1D;;;;;;;;;. The van der Waals surface area contributed by atoms with Gasteiger partial charge in [-0.2, -0.15) is 0 Å². The number of alkyl halides is 1. The zero-order valence-corrected chi connectivity index (χ0v) is 72.2. The smallest absolute Gasteiger partial charge is 0.410 e.